The van der Waals surface area contributed by atoms with E-state index in [0.29, 0.717) is 6.54 Å². The molecule has 0 fully saturated rings. The van der Waals surface area contributed by atoms with Crippen LogP contribution in [0.5, 0.6) is 0 Å². The van der Waals surface area contributed by atoms with Crippen LogP contribution in [0.4, 0.5) is 18.9 Å². The molecule has 100 valence electrons. The number of aryl methyl sites for hydroxylation is 1. The molecule has 0 radical (unpaired) electrons. The number of rotatable bonds is 1. The predicted molar refractivity (Wildman–Crippen MR) is 66.0 cm³/mol. The molecule has 2 nitrogen and oxygen atoms in total. The van der Waals surface area contributed by atoms with Gasteiger partial charge in [-0.05, 0) is 30.0 Å². The van der Waals surface area contributed by atoms with Gasteiger partial charge in [0.2, 0.25) is 0 Å². The van der Waals surface area contributed by atoms with Gasteiger partial charge in [0.25, 0.3) is 5.78 Å². The van der Waals surface area contributed by atoms with Gasteiger partial charge in [-0.3, -0.25) is 4.79 Å². The van der Waals surface area contributed by atoms with E-state index in [1.54, 1.807) is 6.07 Å². The number of anilines is 1. The zero-order valence-electron chi connectivity index (χ0n) is 10.1. The number of hydrogen-bond donors (Lipinski definition) is 0. The molecule has 0 aromatic heterocycles. The number of carbonyl (C=O) groups is 1. The monoisotopic (exact) mass is 267 g/mol. The highest BCUT2D eigenvalue weighted by atomic mass is 19.4. The molecule has 1 aromatic rings. The summed E-state index contributed by atoms with van der Waals surface area (Å²) in [6, 6.07) is 5.59. The normalized spacial score (nSPS) is 17.8. The molecule has 3 rings (SSSR count). The van der Waals surface area contributed by atoms with Crippen LogP contribution in [-0.4, -0.2) is 25.0 Å². The number of ketones is 1. The second-order valence-electron chi connectivity index (χ2n) is 4.88. The lowest BCUT2D eigenvalue weighted by Gasteiger charge is -2.36. The topological polar surface area (TPSA) is 20.3 Å². The van der Waals surface area contributed by atoms with Crippen LogP contribution in [0.15, 0.2) is 23.8 Å². The Kier molecular flexibility index (Phi) is 2.66. The van der Waals surface area contributed by atoms with E-state index in [2.05, 4.69) is 0 Å². The van der Waals surface area contributed by atoms with Crippen LogP contribution in [0.1, 0.15) is 17.5 Å². The standard InChI is InChI=1S/C14H12F3NO/c15-14(16,17)13(19)11-7-10-4-1-3-9-5-2-6-18(8-11)12(9)10/h1,3-4,7H,2,5-6,8H2. The first-order chi connectivity index (χ1) is 8.97. The second-order valence-corrected chi connectivity index (χ2v) is 4.88. The van der Waals surface area contributed by atoms with Crippen LogP contribution in [-0.2, 0) is 11.2 Å². The van der Waals surface area contributed by atoms with Gasteiger partial charge >= 0.3 is 6.18 Å². The largest absolute Gasteiger partial charge is 0.454 e. The number of alkyl halides is 3. The summed E-state index contributed by atoms with van der Waals surface area (Å²) < 4.78 is 37.6. The quantitative estimate of drug-likeness (QED) is 0.779. The number of nitrogens with zero attached hydrogens (tertiary/aromatic N) is 1. The maximum Gasteiger partial charge on any atom is 0.454 e. The van der Waals surface area contributed by atoms with Gasteiger partial charge in [-0.25, -0.2) is 0 Å². The van der Waals surface area contributed by atoms with Crippen molar-refractivity contribution >= 4 is 17.5 Å². The fourth-order valence-corrected chi connectivity index (χ4v) is 2.80. The molecule has 0 aliphatic carbocycles. The molecule has 0 spiro atoms. The Morgan fingerprint density at radius 2 is 2.05 bits per heavy atom. The number of halogens is 3. The lowest BCUT2D eigenvalue weighted by atomic mass is 9.92. The number of hydrogen-bond acceptors (Lipinski definition) is 2. The molecule has 19 heavy (non-hydrogen) atoms. The van der Waals surface area contributed by atoms with Crippen LogP contribution in [0.3, 0.4) is 0 Å². The first kappa shape index (κ1) is 12.3. The van der Waals surface area contributed by atoms with E-state index in [-0.39, 0.29) is 12.1 Å². The number of carbonyl (C=O) groups excluding carboxylic acids is 1. The van der Waals surface area contributed by atoms with Crippen molar-refractivity contribution in [1.29, 1.82) is 0 Å². The van der Waals surface area contributed by atoms with E-state index in [4.69, 9.17) is 0 Å². The van der Waals surface area contributed by atoms with Gasteiger partial charge in [-0.1, -0.05) is 18.2 Å². The molecule has 2 aliphatic heterocycles. The smallest absolute Gasteiger partial charge is 0.366 e. The van der Waals surface area contributed by atoms with Gasteiger partial charge in [0.1, 0.15) is 0 Å². The SMILES string of the molecule is O=C(C1=Cc2cccc3c2N(CCC3)C1)C(F)(F)F. The highest BCUT2D eigenvalue weighted by molar-refractivity contribution is 6.05. The summed E-state index contributed by atoms with van der Waals surface area (Å²) in [7, 11) is 0. The van der Waals surface area contributed by atoms with E-state index in [9.17, 15) is 18.0 Å². The van der Waals surface area contributed by atoms with E-state index < -0.39 is 12.0 Å². The molecular formula is C14H12F3NO. The van der Waals surface area contributed by atoms with Gasteiger partial charge in [0, 0.05) is 24.4 Å². The van der Waals surface area contributed by atoms with Crippen LogP contribution >= 0.6 is 0 Å². The zero-order valence-corrected chi connectivity index (χ0v) is 10.1. The number of benzene rings is 1. The van der Waals surface area contributed by atoms with Crippen LogP contribution in [0.2, 0.25) is 0 Å². The third kappa shape index (κ3) is 2.03. The van der Waals surface area contributed by atoms with Crippen LogP contribution in [0.25, 0.3) is 6.08 Å². The van der Waals surface area contributed by atoms with Crippen LogP contribution in [0, 0.1) is 0 Å². The molecule has 1 aromatic carbocycles. The van der Waals surface area contributed by atoms with E-state index in [0.717, 1.165) is 29.7 Å². The van der Waals surface area contributed by atoms with Crippen molar-refractivity contribution in [3.05, 3.63) is 34.9 Å². The third-order valence-electron chi connectivity index (χ3n) is 3.58. The minimum Gasteiger partial charge on any atom is -0.366 e. The Labute approximate surface area is 108 Å². The Bertz CT molecular complexity index is 575. The predicted octanol–water partition coefficient (Wildman–Crippen LogP) is 2.97. The summed E-state index contributed by atoms with van der Waals surface area (Å²) >= 11 is 0. The molecule has 0 saturated heterocycles. The summed E-state index contributed by atoms with van der Waals surface area (Å²) in [6.45, 7) is 0.759. The van der Waals surface area contributed by atoms with Gasteiger partial charge in [-0.15, -0.1) is 0 Å². The van der Waals surface area contributed by atoms with Gasteiger partial charge in [0.05, 0.1) is 0 Å². The Balaban J connectivity index is 2.07. The summed E-state index contributed by atoms with van der Waals surface area (Å²) in [5.41, 5.74) is 2.70. The maximum atomic E-state index is 12.5. The summed E-state index contributed by atoms with van der Waals surface area (Å²) in [5, 5.41) is 0. The lowest BCUT2D eigenvalue weighted by Crippen LogP contribution is -2.38. The van der Waals surface area contributed by atoms with Crippen molar-refractivity contribution in [3.63, 3.8) is 0 Å². The fourth-order valence-electron chi connectivity index (χ4n) is 2.80. The van der Waals surface area contributed by atoms with Crippen molar-refractivity contribution in [3.8, 4) is 0 Å². The van der Waals surface area contributed by atoms with Crippen molar-refractivity contribution in [2.75, 3.05) is 18.0 Å². The van der Waals surface area contributed by atoms with E-state index in [1.807, 2.05) is 17.0 Å². The Morgan fingerprint density at radius 3 is 2.79 bits per heavy atom. The molecule has 0 unspecified atom stereocenters. The summed E-state index contributed by atoms with van der Waals surface area (Å²) in [6.07, 6.45) is -1.56. The number of para-hydroxylation sites is 1. The van der Waals surface area contributed by atoms with Crippen molar-refractivity contribution in [2.24, 2.45) is 0 Å². The van der Waals surface area contributed by atoms with Crippen molar-refractivity contribution in [1.82, 2.24) is 0 Å². The lowest BCUT2D eigenvalue weighted by molar-refractivity contribution is -0.166. The third-order valence-corrected chi connectivity index (χ3v) is 3.58. The Hall–Kier alpha value is -1.78. The molecule has 0 atom stereocenters. The molecule has 2 aliphatic rings. The molecular weight excluding hydrogens is 255 g/mol. The minimum absolute atomic E-state index is 0.0579. The molecule has 0 bridgehead atoms. The minimum atomic E-state index is -4.79. The van der Waals surface area contributed by atoms with Gasteiger partial charge < -0.3 is 4.90 Å². The van der Waals surface area contributed by atoms with Gasteiger partial charge in [-0.2, -0.15) is 13.2 Å². The van der Waals surface area contributed by atoms with E-state index >= 15 is 0 Å². The molecule has 5 heteroatoms. The zero-order chi connectivity index (χ0) is 13.6. The molecule has 0 amide bonds. The molecule has 2 heterocycles. The summed E-state index contributed by atoms with van der Waals surface area (Å²) in [4.78, 5) is 13.3. The molecule has 0 saturated carbocycles. The first-order valence-corrected chi connectivity index (χ1v) is 6.16. The first-order valence-electron chi connectivity index (χ1n) is 6.16. The van der Waals surface area contributed by atoms with Crippen molar-refractivity contribution in [2.45, 2.75) is 19.0 Å². The fraction of sp³-hybridized carbons (Fsp3) is 0.357. The number of Topliss-reactive ketones (excluding diaryl/α,β-unsaturated/α-hetero) is 1. The second kappa shape index (κ2) is 4.11. The summed E-state index contributed by atoms with van der Waals surface area (Å²) in [5.74, 6) is -1.73. The highest BCUT2D eigenvalue weighted by Crippen LogP contribution is 2.37. The van der Waals surface area contributed by atoms with Gasteiger partial charge in [0.15, 0.2) is 0 Å². The highest BCUT2D eigenvalue weighted by Gasteiger charge is 2.42. The average Bonchev–Trinajstić information content (AvgIpc) is 2.37. The average molecular weight is 267 g/mol. The van der Waals surface area contributed by atoms with Crippen molar-refractivity contribution < 1.29 is 18.0 Å². The maximum absolute atomic E-state index is 12.5. The van der Waals surface area contributed by atoms with Crippen LogP contribution < -0.4 is 4.90 Å². The molecule has 0 N–H and O–H groups in total. The Morgan fingerprint density at radius 1 is 1.26 bits per heavy atom. The van der Waals surface area contributed by atoms with E-state index in [1.165, 1.54) is 6.08 Å².